The first-order valence-electron chi connectivity index (χ1n) is 8.77. The largest absolute Gasteiger partial charge is 0.374 e. The first kappa shape index (κ1) is 16.1. The fraction of sp³-hybridized carbons (Fsp3) is 0.143. The van der Waals surface area contributed by atoms with Crippen molar-refractivity contribution in [3.63, 3.8) is 0 Å². The lowest BCUT2D eigenvalue weighted by Crippen LogP contribution is -2.22. The lowest BCUT2D eigenvalue weighted by Gasteiger charge is -2.20. The van der Waals surface area contributed by atoms with Crippen LogP contribution in [-0.4, -0.2) is 24.4 Å². The standard InChI is InChI=1S/C21H17FN4O/c22-17-10-14(19-11-24-20-5-1-2-9-26(19)20)6-7-15(17)12-25-13-18-16(21(25)27)4-3-8-23-18/h1-11,21,27H,12-13H2. The van der Waals surface area contributed by atoms with Gasteiger partial charge in [-0.3, -0.25) is 14.3 Å². The molecule has 1 N–H and O–H groups in total. The maximum absolute atomic E-state index is 14.8. The van der Waals surface area contributed by atoms with Crippen LogP contribution in [0.1, 0.15) is 23.0 Å². The van der Waals surface area contributed by atoms with Crippen LogP contribution in [0.4, 0.5) is 4.39 Å². The van der Waals surface area contributed by atoms with Gasteiger partial charge in [0.2, 0.25) is 0 Å². The maximum Gasteiger partial charge on any atom is 0.137 e. The summed E-state index contributed by atoms with van der Waals surface area (Å²) in [7, 11) is 0. The van der Waals surface area contributed by atoms with E-state index in [-0.39, 0.29) is 5.82 Å². The van der Waals surface area contributed by atoms with E-state index in [2.05, 4.69) is 9.97 Å². The predicted octanol–water partition coefficient (Wildman–Crippen LogP) is 3.54. The summed E-state index contributed by atoms with van der Waals surface area (Å²) in [5, 5.41) is 10.5. The van der Waals surface area contributed by atoms with Gasteiger partial charge in [0.05, 0.1) is 17.6 Å². The molecule has 1 atom stereocenters. The molecule has 0 radical (unpaired) electrons. The van der Waals surface area contributed by atoms with Crippen LogP contribution < -0.4 is 0 Å². The average molecular weight is 360 g/mol. The second-order valence-corrected chi connectivity index (χ2v) is 6.70. The average Bonchev–Trinajstić information content (AvgIpc) is 3.25. The topological polar surface area (TPSA) is 53.7 Å². The van der Waals surface area contributed by atoms with Crippen molar-refractivity contribution in [2.75, 3.05) is 0 Å². The van der Waals surface area contributed by atoms with E-state index in [4.69, 9.17) is 0 Å². The highest BCUT2D eigenvalue weighted by Gasteiger charge is 2.29. The number of benzene rings is 1. The first-order valence-corrected chi connectivity index (χ1v) is 8.77. The summed E-state index contributed by atoms with van der Waals surface area (Å²) in [6, 6.07) is 14.6. The van der Waals surface area contributed by atoms with E-state index in [1.165, 1.54) is 6.07 Å². The van der Waals surface area contributed by atoms with Crippen molar-refractivity contribution in [1.82, 2.24) is 19.3 Å². The molecule has 5 nitrogen and oxygen atoms in total. The molecule has 1 aliphatic rings. The summed E-state index contributed by atoms with van der Waals surface area (Å²) in [5.41, 5.74) is 4.60. The number of pyridine rings is 2. The molecule has 134 valence electrons. The Balaban J connectivity index is 1.43. The molecule has 0 aliphatic carbocycles. The summed E-state index contributed by atoms with van der Waals surface area (Å²) in [6.07, 6.45) is 4.61. The van der Waals surface area contributed by atoms with Crippen molar-refractivity contribution in [2.24, 2.45) is 0 Å². The zero-order valence-corrected chi connectivity index (χ0v) is 14.5. The van der Waals surface area contributed by atoms with Crippen molar-refractivity contribution in [1.29, 1.82) is 0 Å². The zero-order valence-electron chi connectivity index (χ0n) is 14.5. The van der Waals surface area contributed by atoms with Crippen LogP contribution in [0.5, 0.6) is 0 Å². The molecule has 0 saturated carbocycles. The normalized spacial score (nSPS) is 16.7. The van der Waals surface area contributed by atoms with Gasteiger partial charge in [-0.1, -0.05) is 24.3 Å². The fourth-order valence-corrected chi connectivity index (χ4v) is 3.64. The van der Waals surface area contributed by atoms with Gasteiger partial charge in [-0.15, -0.1) is 0 Å². The SMILES string of the molecule is OC1c2cccnc2CN1Cc1ccc(-c2cnc3ccccn23)cc1F. The van der Waals surface area contributed by atoms with E-state index in [0.29, 0.717) is 18.7 Å². The zero-order chi connectivity index (χ0) is 18.4. The van der Waals surface area contributed by atoms with Crippen molar-refractivity contribution in [3.05, 3.63) is 89.8 Å². The molecule has 0 bridgehead atoms. The van der Waals surface area contributed by atoms with Crippen LogP contribution in [0, 0.1) is 5.82 Å². The maximum atomic E-state index is 14.8. The molecule has 1 unspecified atom stereocenters. The molecule has 27 heavy (non-hydrogen) atoms. The second-order valence-electron chi connectivity index (χ2n) is 6.70. The molecule has 1 aliphatic heterocycles. The minimum atomic E-state index is -0.758. The predicted molar refractivity (Wildman–Crippen MR) is 99.0 cm³/mol. The molecule has 3 aromatic heterocycles. The second kappa shape index (κ2) is 6.26. The van der Waals surface area contributed by atoms with Crippen LogP contribution in [0.3, 0.4) is 0 Å². The molecule has 0 saturated heterocycles. The number of halogens is 1. The first-order chi connectivity index (χ1) is 13.2. The van der Waals surface area contributed by atoms with Gasteiger partial charge < -0.3 is 5.11 Å². The molecule has 6 heteroatoms. The van der Waals surface area contributed by atoms with Crippen LogP contribution >= 0.6 is 0 Å². The van der Waals surface area contributed by atoms with Gasteiger partial charge in [-0.2, -0.15) is 0 Å². The Labute approximate surface area is 155 Å². The number of imidazole rings is 1. The van der Waals surface area contributed by atoms with Crippen molar-refractivity contribution < 1.29 is 9.50 Å². The number of hydrogen-bond donors (Lipinski definition) is 1. The third kappa shape index (κ3) is 2.70. The molecule has 0 fully saturated rings. The smallest absolute Gasteiger partial charge is 0.137 e. The minimum Gasteiger partial charge on any atom is -0.374 e. The van der Waals surface area contributed by atoms with Gasteiger partial charge in [0.1, 0.15) is 17.7 Å². The van der Waals surface area contributed by atoms with Crippen molar-refractivity contribution in [2.45, 2.75) is 19.3 Å². The summed E-state index contributed by atoms with van der Waals surface area (Å²) in [6.45, 7) is 0.822. The van der Waals surface area contributed by atoms with Crippen molar-refractivity contribution in [3.8, 4) is 11.3 Å². The Bertz CT molecular complexity index is 1140. The number of rotatable bonds is 3. The number of aliphatic hydroxyl groups excluding tert-OH is 1. The summed E-state index contributed by atoms with van der Waals surface area (Å²) in [4.78, 5) is 10.5. The van der Waals surface area contributed by atoms with E-state index < -0.39 is 6.23 Å². The third-order valence-electron chi connectivity index (χ3n) is 5.04. The van der Waals surface area contributed by atoms with Crippen LogP contribution in [-0.2, 0) is 13.1 Å². The Hall–Kier alpha value is -3.09. The monoisotopic (exact) mass is 360 g/mol. The molecule has 5 rings (SSSR count). The molecule has 4 aromatic rings. The summed E-state index contributed by atoms with van der Waals surface area (Å²) in [5.74, 6) is -0.297. The van der Waals surface area contributed by atoms with E-state index in [0.717, 1.165) is 28.2 Å². The molecule has 0 amide bonds. The molecule has 1 aromatic carbocycles. The van der Waals surface area contributed by atoms with Gasteiger partial charge >= 0.3 is 0 Å². The number of aliphatic hydroxyl groups is 1. The van der Waals surface area contributed by atoms with Gasteiger partial charge in [0.15, 0.2) is 0 Å². The van der Waals surface area contributed by atoms with E-state index >= 15 is 0 Å². The number of hydrogen-bond acceptors (Lipinski definition) is 4. The van der Waals surface area contributed by atoms with Crippen molar-refractivity contribution >= 4 is 5.65 Å². The van der Waals surface area contributed by atoms with E-state index in [1.807, 2.05) is 45.8 Å². The van der Waals surface area contributed by atoms with Crippen LogP contribution in [0.2, 0.25) is 0 Å². The Morgan fingerprint density at radius 3 is 2.89 bits per heavy atom. The van der Waals surface area contributed by atoms with Gasteiger partial charge in [0, 0.05) is 42.2 Å². The number of nitrogens with zero attached hydrogens (tertiary/aromatic N) is 4. The van der Waals surface area contributed by atoms with Crippen LogP contribution in [0.25, 0.3) is 16.9 Å². The molecule has 0 spiro atoms. The number of aromatic nitrogens is 3. The quantitative estimate of drug-likeness (QED) is 0.607. The highest BCUT2D eigenvalue weighted by molar-refractivity contribution is 5.64. The highest BCUT2D eigenvalue weighted by Crippen LogP contribution is 2.32. The fourth-order valence-electron chi connectivity index (χ4n) is 3.64. The van der Waals surface area contributed by atoms with Gasteiger partial charge in [-0.05, 0) is 24.3 Å². The molecule has 4 heterocycles. The van der Waals surface area contributed by atoms with E-state index in [1.54, 1.807) is 24.5 Å². The Morgan fingerprint density at radius 1 is 1.11 bits per heavy atom. The lowest BCUT2D eigenvalue weighted by atomic mass is 10.1. The van der Waals surface area contributed by atoms with Gasteiger partial charge in [-0.25, -0.2) is 9.37 Å². The number of fused-ring (bicyclic) bond motifs is 2. The lowest BCUT2D eigenvalue weighted by molar-refractivity contribution is 0.00695. The van der Waals surface area contributed by atoms with Gasteiger partial charge in [0.25, 0.3) is 0 Å². The minimum absolute atomic E-state index is 0.297. The summed E-state index contributed by atoms with van der Waals surface area (Å²) < 4.78 is 16.7. The highest BCUT2D eigenvalue weighted by atomic mass is 19.1. The Morgan fingerprint density at radius 2 is 2.04 bits per heavy atom. The molecular formula is C21H17FN4O. The van der Waals surface area contributed by atoms with Crippen LogP contribution in [0.15, 0.2) is 67.1 Å². The van der Waals surface area contributed by atoms with E-state index in [9.17, 15) is 9.50 Å². The third-order valence-corrected chi connectivity index (χ3v) is 5.04. The Kier molecular flexibility index (Phi) is 3.74. The molecular weight excluding hydrogens is 343 g/mol. The summed E-state index contributed by atoms with van der Waals surface area (Å²) >= 11 is 0.